The minimum atomic E-state index is -0.193. The maximum atomic E-state index is 13.0. The van der Waals surface area contributed by atoms with Gasteiger partial charge >= 0.3 is 0 Å². The normalized spacial score (nSPS) is 13.1. The molecule has 0 N–H and O–H groups in total. The zero-order valence-corrected chi connectivity index (χ0v) is 16.6. The molecule has 0 saturated carbocycles. The van der Waals surface area contributed by atoms with Crippen molar-refractivity contribution >= 4 is 17.1 Å². The van der Waals surface area contributed by atoms with Crippen LogP contribution in [0.4, 0.5) is 0 Å². The number of carbonyl (C=O) groups excluding carboxylic acids is 1. The number of carbonyl (C=O) groups is 1. The van der Waals surface area contributed by atoms with Gasteiger partial charge in [0, 0.05) is 19.4 Å². The molecule has 1 aliphatic rings. The first-order chi connectivity index (χ1) is 14.5. The Labute approximate surface area is 171 Å². The van der Waals surface area contributed by atoms with Crippen molar-refractivity contribution in [1.29, 1.82) is 0 Å². The standard InChI is InChI=1S/C21H19N7O2/c1-13-25-18-11-27(10-16(18)21(30)26(13)2)20(29)14-7-17-19(23-8-14)28(12-24-17)9-15-5-3-4-6-22-15/h3-8,12H,9-11H2,1-2H3. The van der Waals surface area contributed by atoms with Crippen LogP contribution in [-0.4, -0.2) is 39.9 Å². The first-order valence-corrected chi connectivity index (χ1v) is 9.56. The van der Waals surface area contributed by atoms with E-state index in [1.165, 1.54) is 4.57 Å². The number of fused-ring (bicyclic) bond motifs is 2. The maximum absolute atomic E-state index is 13.0. The van der Waals surface area contributed by atoms with Gasteiger partial charge in [0.2, 0.25) is 0 Å². The molecule has 5 heterocycles. The Morgan fingerprint density at radius 1 is 1.17 bits per heavy atom. The fourth-order valence-electron chi connectivity index (χ4n) is 3.70. The number of nitrogens with zero attached hydrogens (tertiary/aromatic N) is 7. The molecule has 30 heavy (non-hydrogen) atoms. The molecule has 0 aliphatic carbocycles. The summed E-state index contributed by atoms with van der Waals surface area (Å²) in [4.78, 5) is 44.8. The highest BCUT2D eigenvalue weighted by molar-refractivity contribution is 5.96. The third kappa shape index (κ3) is 2.95. The van der Waals surface area contributed by atoms with Crippen LogP contribution < -0.4 is 5.56 Å². The van der Waals surface area contributed by atoms with Crippen LogP contribution in [0.1, 0.15) is 33.1 Å². The molecule has 9 heteroatoms. The molecular formula is C21H19N7O2. The predicted molar refractivity (Wildman–Crippen MR) is 109 cm³/mol. The summed E-state index contributed by atoms with van der Waals surface area (Å²) in [6.07, 6.45) is 5.00. The average Bonchev–Trinajstić information content (AvgIpc) is 3.36. The lowest BCUT2D eigenvalue weighted by Crippen LogP contribution is -2.27. The number of hydrogen-bond acceptors (Lipinski definition) is 6. The van der Waals surface area contributed by atoms with Crippen LogP contribution in [0.15, 0.2) is 47.8 Å². The van der Waals surface area contributed by atoms with Gasteiger partial charge in [0.25, 0.3) is 11.5 Å². The number of amides is 1. The predicted octanol–water partition coefficient (Wildman–Crippen LogP) is 1.43. The Morgan fingerprint density at radius 2 is 2.03 bits per heavy atom. The summed E-state index contributed by atoms with van der Waals surface area (Å²) in [5.74, 6) is 0.441. The van der Waals surface area contributed by atoms with Crippen molar-refractivity contribution < 1.29 is 4.79 Å². The van der Waals surface area contributed by atoms with Crippen molar-refractivity contribution in [1.82, 2.24) is 34.0 Å². The largest absolute Gasteiger partial charge is 0.328 e. The van der Waals surface area contributed by atoms with Gasteiger partial charge in [-0.3, -0.25) is 19.1 Å². The Morgan fingerprint density at radius 3 is 2.83 bits per heavy atom. The second kappa shape index (κ2) is 6.87. The van der Waals surface area contributed by atoms with Gasteiger partial charge in [0.1, 0.15) is 11.3 Å². The van der Waals surface area contributed by atoms with Gasteiger partial charge in [0.05, 0.1) is 48.5 Å². The van der Waals surface area contributed by atoms with Crippen molar-refractivity contribution in [3.8, 4) is 0 Å². The first kappa shape index (κ1) is 18.2. The van der Waals surface area contributed by atoms with Crippen LogP contribution in [0.5, 0.6) is 0 Å². The van der Waals surface area contributed by atoms with Crippen LogP contribution in [0.2, 0.25) is 0 Å². The van der Waals surface area contributed by atoms with Crippen molar-refractivity contribution in [3.63, 3.8) is 0 Å². The fraction of sp³-hybridized carbons (Fsp3) is 0.238. The lowest BCUT2D eigenvalue weighted by atomic mass is 10.2. The monoisotopic (exact) mass is 401 g/mol. The number of imidazole rings is 1. The highest BCUT2D eigenvalue weighted by Gasteiger charge is 2.29. The van der Waals surface area contributed by atoms with Crippen molar-refractivity contribution in [2.24, 2.45) is 7.05 Å². The molecule has 0 saturated heterocycles. The summed E-state index contributed by atoms with van der Waals surface area (Å²) in [6, 6.07) is 7.48. The molecule has 0 bridgehead atoms. The molecule has 9 nitrogen and oxygen atoms in total. The molecule has 0 radical (unpaired) electrons. The average molecular weight is 401 g/mol. The Bertz CT molecular complexity index is 1340. The van der Waals surface area contributed by atoms with Gasteiger partial charge in [-0.05, 0) is 25.1 Å². The molecule has 4 aromatic rings. The van der Waals surface area contributed by atoms with Crippen molar-refractivity contribution in [2.75, 3.05) is 0 Å². The summed E-state index contributed by atoms with van der Waals surface area (Å²) in [7, 11) is 1.69. The zero-order valence-electron chi connectivity index (χ0n) is 16.6. The van der Waals surface area contributed by atoms with Gasteiger partial charge in [-0.25, -0.2) is 15.0 Å². The summed E-state index contributed by atoms with van der Waals surface area (Å²) < 4.78 is 3.41. The van der Waals surface area contributed by atoms with E-state index >= 15 is 0 Å². The highest BCUT2D eigenvalue weighted by atomic mass is 16.2. The Hall–Kier alpha value is -3.88. The van der Waals surface area contributed by atoms with E-state index in [0.29, 0.717) is 46.9 Å². The fourth-order valence-corrected chi connectivity index (χ4v) is 3.70. The van der Waals surface area contributed by atoms with Crippen LogP contribution >= 0.6 is 0 Å². The molecule has 0 spiro atoms. The zero-order chi connectivity index (χ0) is 20.8. The van der Waals surface area contributed by atoms with E-state index in [2.05, 4.69) is 19.9 Å². The van der Waals surface area contributed by atoms with E-state index in [-0.39, 0.29) is 18.0 Å². The number of aryl methyl sites for hydroxylation is 1. The van der Waals surface area contributed by atoms with E-state index in [1.807, 2.05) is 22.8 Å². The van der Waals surface area contributed by atoms with Crippen LogP contribution in [0.3, 0.4) is 0 Å². The lowest BCUT2D eigenvalue weighted by Gasteiger charge is -2.14. The van der Waals surface area contributed by atoms with Gasteiger partial charge in [0.15, 0.2) is 5.65 Å². The Kier molecular flexibility index (Phi) is 4.16. The summed E-state index contributed by atoms with van der Waals surface area (Å²) >= 11 is 0. The van der Waals surface area contributed by atoms with Gasteiger partial charge in [-0.1, -0.05) is 6.07 Å². The number of pyridine rings is 2. The molecule has 0 unspecified atom stereocenters. The van der Waals surface area contributed by atoms with E-state index in [0.717, 1.165) is 5.69 Å². The topological polar surface area (TPSA) is 98.8 Å². The van der Waals surface area contributed by atoms with E-state index in [1.54, 1.807) is 43.7 Å². The number of hydrogen-bond donors (Lipinski definition) is 0. The van der Waals surface area contributed by atoms with Gasteiger partial charge in [-0.15, -0.1) is 0 Å². The smallest absolute Gasteiger partial charge is 0.258 e. The molecule has 1 aliphatic heterocycles. The van der Waals surface area contributed by atoms with Crippen LogP contribution in [0, 0.1) is 6.92 Å². The summed E-state index contributed by atoms with van der Waals surface area (Å²) in [5, 5.41) is 0. The Balaban J connectivity index is 1.41. The van der Waals surface area contributed by atoms with Crippen molar-refractivity contribution in [2.45, 2.75) is 26.6 Å². The molecule has 0 aromatic carbocycles. The summed E-state index contributed by atoms with van der Waals surface area (Å²) in [5.41, 5.74) is 3.80. The van der Waals surface area contributed by atoms with E-state index in [9.17, 15) is 9.59 Å². The van der Waals surface area contributed by atoms with Crippen LogP contribution in [-0.2, 0) is 26.7 Å². The van der Waals surface area contributed by atoms with E-state index in [4.69, 9.17) is 0 Å². The minimum Gasteiger partial charge on any atom is -0.328 e. The quantitative estimate of drug-likeness (QED) is 0.515. The van der Waals surface area contributed by atoms with Crippen LogP contribution in [0.25, 0.3) is 11.2 Å². The van der Waals surface area contributed by atoms with E-state index < -0.39 is 0 Å². The molecule has 150 valence electrons. The lowest BCUT2D eigenvalue weighted by molar-refractivity contribution is 0.0750. The maximum Gasteiger partial charge on any atom is 0.258 e. The summed E-state index contributed by atoms with van der Waals surface area (Å²) in [6.45, 7) is 2.90. The molecule has 1 amide bonds. The second-order valence-electron chi connectivity index (χ2n) is 7.37. The molecule has 5 rings (SSSR count). The second-order valence-corrected chi connectivity index (χ2v) is 7.37. The molecule has 0 fully saturated rings. The highest BCUT2D eigenvalue weighted by Crippen LogP contribution is 2.22. The first-order valence-electron chi connectivity index (χ1n) is 9.56. The third-order valence-corrected chi connectivity index (χ3v) is 5.43. The number of rotatable bonds is 3. The SMILES string of the molecule is Cc1nc2c(c(=O)n1C)CN(C(=O)c1cnc3c(c1)ncn3Cc1ccccn1)C2. The minimum absolute atomic E-state index is 0.102. The molecule has 4 aromatic heterocycles. The third-order valence-electron chi connectivity index (χ3n) is 5.43. The van der Waals surface area contributed by atoms with Gasteiger partial charge in [-0.2, -0.15) is 0 Å². The van der Waals surface area contributed by atoms with Crippen molar-refractivity contribution in [3.05, 3.63) is 81.7 Å². The molecule has 0 atom stereocenters. The number of aromatic nitrogens is 6. The van der Waals surface area contributed by atoms with Gasteiger partial charge < -0.3 is 9.47 Å². The molecular weight excluding hydrogens is 382 g/mol.